The molecule has 1 aromatic heterocycles. The van der Waals surface area contributed by atoms with Gasteiger partial charge in [-0.15, -0.1) is 0 Å². The lowest BCUT2D eigenvalue weighted by Gasteiger charge is -2.52. The summed E-state index contributed by atoms with van der Waals surface area (Å²) in [6.45, 7) is 0. The smallest absolute Gasteiger partial charge is 0.235 e. The Morgan fingerprint density at radius 1 is 1.16 bits per heavy atom. The first-order chi connectivity index (χ1) is 17.9. The Bertz CT molecular complexity index is 1410. The molecule has 1 amide bonds. The van der Waals surface area contributed by atoms with Crippen LogP contribution < -0.4 is 5.73 Å². The normalized spacial score (nSPS) is 30.6. The second-order valence-electron chi connectivity index (χ2n) is 10.4. The lowest BCUT2D eigenvalue weighted by molar-refractivity contribution is -0.181. The number of ketones is 5. The number of benzene rings is 1. The molecule has 12 nitrogen and oxygen atoms in total. The number of fused-ring (bicyclic) bond motifs is 3. The van der Waals surface area contributed by atoms with E-state index in [0.717, 1.165) is 0 Å². The first-order valence-corrected chi connectivity index (χ1v) is 12.0. The first kappa shape index (κ1) is 25.6. The van der Waals surface area contributed by atoms with E-state index in [1.807, 2.05) is 0 Å². The van der Waals surface area contributed by atoms with Crippen LogP contribution in [0.4, 0.5) is 0 Å². The maximum absolute atomic E-state index is 13.8. The summed E-state index contributed by atoms with van der Waals surface area (Å²) in [4.78, 5) is 80.0. The van der Waals surface area contributed by atoms with Gasteiger partial charge in [-0.3, -0.25) is 33.7 Å². The molecular formula is C26H25N3O9. The number of hydrogen-bond donors (Lipinski definition) is 3. The Kier molecular flexibility index (Phi) is 5.91. The molecule has 0 radical (unpaired) electrons. The number of phenolic OH excluding ortho intramolecular Hbond substituents is 1. The van der Waals surface area contributed by atoms with Gasteiger partial charge < -0.3 is 20.5 Å². The maximum Gasteiger partial charge on any atom is 0.235 e. The minimum absolute atomic E-state index is 0.0156. The number of likely N-dealkylation sites (N-methyl/N-ethyl adjacent to an activating group) is 1. The van der Waals surface area contributed by atoms with Crippen LogP contribution >= 0.6 is 0 Å². The SMILES string of the molecule is CN(C)C1C(=O)C(C(N)=O)C(=O)[C@@]2(O)C(=O)C3C(=O)c4c(O)ccc(CC(=O)c5ccno5)c4C[C@H]3C[C@@H]12. The molecule has 3 unspecified atom stereocenters. The lowest BCUT2D eigenvalue weighted by Crippen LogP contribution is -2.74. The summed E-state index contributed by atoms with van der Waals surface area (Å²) in [6, 6.07) is 2.95. The number of carbonyl (C=O) groups excluding carboxylic acids is 6. The molecule has 1 aromatic carbocycles. The van der Waals surface area contributed by atoms with Crippen molar-refractivity contribution in [3.8, 4) is 5.75 Å². The highest BCUT2D eigenvalue weighted by atomic mass is 16.5. The zero-order chi connectivity index (χ0) is 27.7. The first-order valence-electron chi connectivity index (χ1n) is 12.0. The third-order valence-corrected chi connectivity index (χ3v) is 8.11. The van der Waals surface area contributed by atoms with Crippen LogP contribution in [-0.4, -0.2) is 80.8 Å². The Labute approximate surface area is 215 Å². The summed E-state index contributed by atoms with van der Waals surface area (Å²) in [6.07, 6.45) is 1.15. The Morgan fingerprint density at radius 3 is 2.47 bits per heavy atom. The Balaban J connectivity index is 1.59. The van der Waals surface area contributed by atoms with Crippen molar-refractivity contribution in [1.82, 2.24) is 10.1 Å². The van der Waals surface area contributed by atoms with Crippen molar-refractivity contribution in [2.45, 2.75) is 30.9 Å². The summed E-state index contributed by atoms with van der Waals surface area (Å²) >= 11 is 0. The fourth-order valence-corrected chi connectivity index (χ4v) is 6.45. The predicted octanol–water partition coefficient (Wildman–Crippen LogP) is -0.720. The molecule has 4 N–H and O–H groups in total. The number of phenols is 1. The standard InChI is InChI=1S/C26H25N3O9/c1-29(2)20-13-8-11-7-12-10(9-15(31)16-5-6-28-38-16)3-4-14(30)18(12)21(32)17(11)23(34)26(13,37)24(35)19(22(20)33)25(27)36/h3-6,11,13,17,19-20,30,37H,7-9H2,1-2H3,(H2,27,36)/t11-,13-,17?,19?,20?,26-/m0/s1. The van der Waals surface area contributed by atoms with Crippen LogP contribution in [0, 0.1) is 23.7 Å². The van der Waals surface area contributed by atoms with E-state index >= 15 is 0 Å². The van der Waals surface area contributed by atoms with E-state index < -0.39 is 75.9 Å². The van der Waals surface area contributed by atoms with E-state index in [1.165, 1.54) is 43.4 Å². The lowest BCUT2D eigenvalue weighted by atomic mass is 9.52. The average molecular weight is 523 g/mol. The van der Waals surface area contributed by atoms with Crippen LogP contribution in [0.1, 0.15) is 38.5 Å². The highest BCUT2D eigenvalue weighted by molar-refractivity contribution is 6.32. The van der Waals surface area contributed by atoms with Crippen molar-refractivity contribution in [2.75, 3.05) is 14.1 Å². The van der Waals surface area contributed by atoms with Crippen molar-refractivity contribution >= 4 is 34.8 Å². The van der Waals surface area contributed by atoms with Gasteiger partial charge >= 0.3 is 0 Å². The third kappa shape index (κ3) is 3.47. The molecule has 1 heterocycles. The highest BCUT2D eigenvalue weighted by Crippen LogP contribution is 2.51. The summed E-state index contributed by atoms with van der Waals surface area (Å²) in [5.74, 6) is -11.6. The number of carbonyl (C=O) groups is 6. The van der Waals surface area contributed by atoms with Crippen LogP contribution in [0.2, 0.25) is 0 Å². The number of aromatic nitrogens is 1. The van der Waals surface area contributed by atoms with E-state index in [4.69, 9.17) is 10.3 Å². The Morgan fingerprint density at radius 2 is 1.87 bits per heavy atom. The second-order valence-corrected chi connectivity index (χ2v) is 10.4. The third-order valence-electron chi connectivity index (χ3n) is 8.11. The summed E-state index contributed by atoms with van der Waals surface area (Å²) < 4.78 is 4.92. The van der Waals surface area contributed by atoms with Gasteiger partial charge in [0.05, 0.1) is 23.7 Å². The van der Waals surface area contributed by atoms with Crippen molar-refractivity contribution in [1.29, 1.82) is 0 Å². The minimum atomic E-state index is -2.79. The van der Waals surface area contributed by atoms with Crippen LogP contribution in [0.25, 0.3) is 0 Å². The summed E-state index contributed by atoms with van der Waals surface area (Å²) in [7, 11) is 3.03. The van der Waals surface area contributed by atoms with Gasteiger partial charge in [-0.25, -0.2) is 0 Å². The van der Waals surface area contributed by atoms with E-state index in [-0.39, 0.29) is 30.6 Å². The molecule has 0 spiro atoms. The van der Waals surface area contributed by atoms with E-state index in [0.29, 0.717) is 11.1 Å². The van der Waals surface area contributed by atoms with Gasteiger partial charge in [-0.05, 0) is 50.0 Å². The fourth-order valence-electron chi connectivity index (χ4n) is 6.45. The number of nitrogens with zero attached hydrogens (tertiary/aromatic N) is 2. The fraction of sp³-hybridized carbons (Fsp3) is 0.423. The number of rotatable bonds is 5. The molecule has 0 saturated heterocycles. The number of amides is 1. The maximum atomic E-state index is 13.8. The van der Waals surface area contributed by atoms with Gasteiger partial charge in [-0.2, -0.15) is 0 Å². The number of Topliss-reactive ketones (excluding diaryl/α,β-unsaturated/α-hetero) is 5. The quantitative estimate of drug-likeness (QED) is 0.330. The van der Waals surface area contributed by atoms with Gasteiger partial charge in [-0.1, -0.05) is 11.2 Å². The second kappa shape index (κ2) is 8.77. The van der Waals surface area contributed by atoms with Crippen molar-refractivity contribution in [3.63, 3.8) is 0 Å². The molecular weight excluding hydrogens is 498 g/mol. The van der Waals surface area contributed by atoms with Gasteiger partial charge in [0.1, 0.15) is 5.75 Å². The summed E-state index contributed by atoms with van der Waals surface area (Å²) in [5.41, 5.74) is 3.16. The van der Waals surface area contributed by atoms with Gasteiger partial charge in [0.15, 0.2) is 34.7 Å². The number of hydrogen-bond acceptors (Lipinski definition) is 11. The van der Waals surface area contributed by atoms with Gasteiger partial charge in [0, 0.05) is 18.4 Å². The van der Waals surface area contributed by atoms with E-state index in [9.17, 15) is 39.0 Å². The number of aliphatic hydroxyl groups is 1. The minimum Gasteiger partial charge on any atom is -0.507 e. The molecule has 0 bridgehead atoms. The molecule has 6 atom stereocenters. The van der Waals surface area contributed by atoms with Crippen LogP contribution in [0.15, 0.2) is 28.9 Å². The molecule has 3 aliphatic rings. The number of nitrogens with two attached hydrogens (primary N) is 1. The Hall–Kier alpha value is -4.03. The van der Waals surface area contributed by atoms with Crippen LogP contribution in [-0.2, 0) is 32.0 Å². The summed E-state index contributed by atoms with van der Waals surface area (Å²) in [5, 5.41) is 25.7. The number of primary amides is 1. The molecule has 0 aliphatic heterocycles. The molecule has 3 aliphatic carbocycles. The molecule has 38 heavy (non-hydrogen) atoms. The van der Waals surface area contributed by atoms with Crippen LogP contribution in [0.3, 0.4) is 0 Å². The molecule has 2 fully saturated rings. The van der Waals surface area contributed by atoms with Crippen molar-refractivity contribution in [2.24, 2.45) is 29.4 Å². The average Bonchev–Trinajstić information content (AvgIpc) is 3.38. The molecule has 5 rings (SSSR count). The van der Waals surface area contributed by atoms with Gasteiger partial charge in [0.2, 0.25) is 17.5 Å². The molecule has 2 saturated carbocycles. The van der Waals surface area contributed by atoms with E-state index in [1.54, 1.807) is 0 Å². The zero-order valence-electron chi connectivity index (χ0n) is 20.5. The largest absolute Gasteiger partial charge is 0.507 e. The van der Waals surface area contributed by atoms with Crippen molar-refractivity contribution in [3.05, 3.63) is 46.8 Å². The van der Waals surface area contributed by atoms with Crippen LogP contribution in [0.5, 0.6) is 5.75 Å². The highest BCUT2D eigenvalue weighted by Gasteiger charge is 2.69. The molecule has 2 aromatic rings. The van der Waals surface area contributed by atoms with Crippen molar-refractivity contribution < 1.29 is 43.5 Å². The van der Waals surface area contributed by atoms with E-state index in [2.05, 4.69) is 5.16 Å². The monoisotopic (exact) mass is 523 g/mol. The molecule has 12 heteroatoms. The topological polar surface area (TPSA) is 198 Å². The predicted molar refractivity (Wildman–Crippen MR) is 126 cm³/mol. The number of aromatic hydroxyl groups is 1. The molecule has 198 valence electrons. The zero-order valence-corrected chi connectivity index (χ0v) is 20.5. The van der Waals surface area contributed by atoms with Gasteiger partial charge in [0.25, 0.3) is 0 Å².